The fraction of sp³-hybridized carbons (Fsp3) is 0.115. The number of hydrogen-bond acceptors (Lipinski definition) is 2. The van der Waals surface area contributed by atoms with E-state index in [2.05, 4.69) is 54.4 Å². The molecule has 4 aromatic carbocycles. The van der Waals surface area contributed by atoms with Gasteiger partial charge in [0, 0.05) is 27.2 Å². The minimum atomic E-state index is -0.286. The second-order valence-electron chi connectivity index (χ2n) is 7.30. The number of ether oxygens (including phenoxy) is 1. The van der Waals surface area contributed by atoms with Crippen LogP contribution in [0.15, 0.2) is 72.8 Å². The van der Waals surface area contributed by atoms with Crippen LogP contribution < -0.4 is 0 Å². The van der Waals surface area contributed by atoms with E-state index in [1.807, 2.05) is 37.3 Å². The minimum Gasteiger partial charge on any atom is -0.462 e. The Labute approximate surface area is 168 Å². The van der Waals surface area contributed by atoms with Gasteiger partial charge in [0.15, 0.2) is 0 Å². The Kier molecular flexibility index (Phi) is 4.09. The van der Waals surface area contributed by atoms with Crippen LogP contribution in [0.1, 0.15) is 22.8 Å². The molecule has 0 spiro atoms. The average molecular weight is 379 g/mol. The molecule has 1 heterocycles. The highest BCUT2D eigenvalue weighted by Gasteiger charge is 2.24. The molecule has 0 aliphatic rings. The zero-order valence-corrected chi connectivity index (χ0v) is 16.5. The van der Waals surface area contributed by atoms with E-state index in [-0.39, 0.29) is 5.97 Å². The number of carbonyl (C=O) groups excluding carboxylic acids is 1. The third kappa shape index (κ3) is 2.70. The maximum atomic E-state index is 13.2. The molecule has 0 saturated heterocycles. The molecule has 5 rings (SSSR count). The van der Waals surface area contributed by atoms with E-state index in [9.17, 15) is 4.79 Å². The summed E-state index contributed by atoms with van der Waals surface area (Å²) < 4.78 is 5.51. The summed E-state index contributed by atoms with van der Waals surface area (Å²) in [4.78, 5) is 16.8. The minimum absolute atomic E-state index is 0.286. The van der Waals surface area contributed by atoms with Crippen molar-refractivity contribution in [3.8, 4) is 11.1 Å². The van der Waals surface area contributed by atoms with Crippen LogP contribution in [-0.2, 0) is 4.74 Å². The van der Waals surface area contributed by atoms with Gasteiger partial charge in [-0.3, -0.25) is 0 Å². The predicted molar refractivity (Wildman–Crippen MR) is 119 cm³/mol. The van der Waals surface area contributed by atoms with Crippen LogP contribution in [0.5, 0.6) is 0 Å². The number of nitrogens with one attached hydrogen (secondary N) is 1. The first kappa shape index (κ1) is 17.5. The number of esters is 1. The maximum Gasteiger partial charge on any atom is 0.339 e. The summed E-state index contributed by atoms with van der Waals surface area (Å²) in [5.41, 5.74) is 5.85. The third-order valence-electron chi connectivity index (χ3n) is 5.49. The molecule has 5 aromatic rings. The molecule has 1 aromatic heterocycles. The number of fused-ring (bicyclic) bond motifs is 5. The topological polar surface area (TPSA) is 42.1 Å². The SMILES string of the molecule is CCOC(=O)c1c(-c2ccc(C)cc2)c2c3ccccc3[nH]c2c2ccccc12. The molecule has 0 aliphatic heterocycles. The fourth-order valence-corrected chi connectivity index (χ4v) is 4.21. The van der Waals surface area contributed by atoms with Gasteiger partial charge in [-0.15, -0.1) is 0 Å². The predicted octanol–water partition coefficient (Wildman–Crippen LogP) is 6.63. The maximum absolute atomic E-state index is 13.2. The van der Waals surface area contributed by atoms with Crippen molar-refractivity contribution >= 4 is 38.5 Å². The zero-order valence-electron chi connectivity index (χ0n) is 16.5. The molecule has 0 unspecified atom stereocenters. The normalized spacial score (nSPS) is 11.4. The van der Waals surface area contributed by atoms with Gasteiger partial charge in [-0.25, -0.2) is 4.79 Å². The smallest absolute Gasteiger partial charge is 0.339 e. The van der Waals surface area contributed by atoms with Crippen molar-refractivity contribution in [1.29, 1.82) is 0 Å². The van der Waals surface area contributed by atoms with Crippen LogP contribution in [0.2, 0.25) is 0 Å². The lowest BCUT2D eigenvalue weighted by Gasteiger charge is -2.15. The van der Waals surface area contributed by atoms with E-state index < -0.39 is 0 Å². The molecule has 0 radical (unpaired) electrons. The van der Waals surface area contributed by atoms with Gasteiger partial charge in [-0.05, 0) is 30.9 Å². The highest BCUT2D eigenvalue weighted by atomic mass is 16.5. The van der Waals surface area contributed by atoms with Gasteiger partial charge in [0.05, 0.1) is 17.7 Å². The Morgan fingerprint density at radius 3 is 2.24 bits per heavy atom. The molecule has 0 bridgehead atoms. The lowest BCUT2D eigenvalue weighted by atomic mass is 9.89. The van der Waals surface area contributed by atoms with Gasteiger partial charge < -0.3 is 9.72 Å². The number of aryl methyl sites for hydroxylation is 1. The molecular formula is C26H21NO2. The molecule has 0 aliphatic carbocycles. The Morgan fingerprint density at radius 2 is 1.52 bits per heavy atom. The van der Waals surface area contributed by atoms with Crippen LogP contribution in [-0.4, -0.2) is 17.6 Å². The van der Waals surface area contributed by atoms with E-state index in [1.165, 1.54) is 5.56 Å². The van der Waals surface area contributed by atoms with Crippen LogP contribution in [0.4, 0.5) is 0 Å². The first-order chi connectivity index (χ1) is 14.2. The second-order valence-corrected chi connectivity index (χ2v) is 7.30. The van der Waals surface area contributed by atoms with Gasteiger partial charge in [-0.1, -0.05) is 72.3 Å². The monoisotopic (exact) mass is 379 g/mol. The molecule has 142 valence electrons. The highest BCUT2D eigenvalue weighted by Crippen LogP contribution is 2.42. The lowest BCUT2D eigenvalue weighted by Crippen LogP contribution is -2.08. The first-order valence-electron chi connectivity index (χ1n) is 9.88. The van der Waals surface area contributed by atoms with Crippen molar-refractivity contribution in [2.75, 3.05) is 6.61 Å². The fourth-order valence-electron chi connectivity index (χ4n) is 4.21. The van der Waals surface area contributed by atoms with E-state index in [4.69, 9.17) is 4.74 Å². The molecular weight excluding hydrogens is 358 g/mol. The summed E-state index contributed by atoms with van der Waals surface area (Å²) in [6, 6.07) is 24.6. The van der Waals surface area contributed by atoms with Crippen LogP contribution in [0.3, 0.4) is 0 Å². The molecule has 1 N–H and O–H groups in total. The van der Waals surface area contributed by atoms with Crippen LogP contribution >= 0.6 is 0 Å². The van der Waals surface area contributed by atoms with Gasteiger partial charge in [-0.2, -0.15) is 0 Å². The number of aromatic amines is 1. The Bertz CT molecular complexity index is 1380. The molecule has 0 fully saturated rings. The van der Waals surface area contributed by atoms with Gasteiger partial charge in [0.1, 0.15) is 0 Å². The van der Waals surface area contributed by atoms with Crippen molar-refractivity contribution in [2.45, 2.75) is 13.8 Å². The van der Waals surface area contributed by atoms with Crippen molar-refractivity contribution < 1.29 is 9.53 Å². The van der Waals surface area contributed by atoms with E-state index in [0.29, 0.717) is 12.2 Å². The van der Waals surface area contributed by atoms with Crippen molar-refractivity contribution in [1.82, 2.24) is 4.98 Å². The number of para-hydroxylation sites is 1. The van der Waals surface area contributed by atoms with Gasteiger partial charge in [0.2, 0.25) is 0 Å². The molecule has 29 heavy (non-hydrogen) atoms. The number of aromatic nitrogens is 1. The van der Waals surface area contributed by atoms with E-state index >= 15 is 0 Å². The number of H-pyrrole nitrogens is 1. The number of hydrogen-bond donors (Lipinski definition) is 1. The molecule has 3 nitrogen and oxygen atoms in total. The number of rotatable bonds is 3. The molecule has 0 saturated carbocycles. The standard InChI is InChI=1S/C26H21NO2/c1-3-29-26(28)24-18-8-4-5-9-19(18)25-23(20-10-6-7-11-21(20)27-25)22(24)17-14-12-16(2)13-15-17/h4-15,27H,3H2,1-2H3. The first-order valence-corrected chi connectivity index (χ1v) is 9.88. The van der Waals surface area contributed by atoms with E-state index in [0.717, 1.165) is 43.7 Å². The van der Waals surface area contributed by atoms with Crippen molar-refractivity contribution in [2.24, 2.45) is 0 Å². The summed E-state index contributed by atoms with van der Waals surface area (Å²) >= 11 is 0. The zero-order chi connectivity index (χ0) is 20.0. The number of carbonyl (C=O) groups is 1. The average Bonchev–Trinajstić information content (AvgIpc) is 3.13. The van der Waals surface area contributed by atoms with Crippen LogP contribution in [0.25, 0.3) is 43.7 Å². The summed E-state index contributed by atoms with van der Waals surface area (Å²) in [5, 5.41) is 4.10. The quantitative estimate of drug-likeness (QED) is 0.358. The largest absolute Gasteiger partial charge is 0.462 e. The van der Waals surface area contributed by atoms with Crippen molar-refractivity contribution in [3.63, 3.8) is 0 Å². The Morgan fingerprint density at radius 1 is 0.862 bits per heavy atom. The molecule has 3 heteroatoms. The highest BCUT2D eigenvalue weighted by molar-refractivity contribution is 6.28. The lowest BCUT2D eigenvalue weighted by molar-refractivity contribution is 0.0529. The number of benzene rings is 4. The Hall–Kier alpha value is -3.59. The molecule has 0 amide bonds. The molecule has 0 atom stereocenters. The summed E-state index contributed by atoms with van der Waals surface area (Å²) in [7, 11) is 0. The van der Waals surface area contributed by atoms with Crippen LogP contribution in [0, 0.1) is 6.92 Å². The van der Waals surface area contributed by atoms with Gasteiger partial charge >= 0.3 is 5.97 Å². The Balaban J connectivity index is 2.05. The second kappa shape index (κ2) is 6.78. The van der Waals surface area contributed by atoms with E-state index in [1.54, 1.807) is 0 Å². The summed E-state index contributed by atoms with van der Waals surface area (Å²) in [6.45, 7) is 4.25. The third-order valence-corrected chi connectivity index (χ3v) is 5.49. The summed E-state index contributed by atoms with van der Waals surface area (Å²) in [6.07, 6.45) is 0. The van der Waals surface area contributed by atoms with Gasteiger partial charge in [0.25, 0.3) is 0 Å². The van der Waals surface area contributed by atoms with Crippen molar-refractivity contribution in [3.05, 3.63) is 83.9 Å². The summed E-state index contributed by atoms with van der Waals surface area (Å²) in [5.74, 6) is -0.286.